The lowest BCUT2D eigenvalue weighted by Gasteiger charge is -2.29. The zero-order valence-electron chi connectivity index (χ0n) is 12.4. The third-order valence-electron chi connectivity index (χ3n) is 3.62. The molecule has 1 aromatic rings. The average Bonchev–Trinajstić information content (AvgIpc) is 2.81. The van der Waals surface area contributed by atoms with E-state index in [-0.39, 0.29) is 29.4 Å². The van der Waals surface area contributed by atoms with Crippen LogP contribution in [0.3, 0.4) is 0 Å². The maximum atomic E-state index is 12.1. The third kappa shape index (κ3) is 2.70. The van der Waals surface area contributed by atoms with Gasteiger partial charge < -0.3 is 10.6 Å². The van der Waals surface area contributed by atoms with Crippen molar-refractivity contribution >= 4 is 17.2 Å². The summed E-state index contributed by atoms with van der Waals surface area (Å²) in [5, 5.41) is 0. The number of hydrogen-bond donors (Lipinski definition) is 1. The highest BCUT2D eigenvalue weighted by molar-refractivity contribution is 7.12. The first kappa shape index (κ1) is 14.5. The van der Waals surface area contributed by atoms with Gasteiger partial charge in [0.15, 0.2) is 0 Å². The van der Waals surface area contributed by atoms with Crippen molar-refractivity contribution in [1.82, 2.24) is 4.90 Å². The maximum absolute atomic E-state index is 12.1. The Morgan fingerprint density at radius 1 is 1.37 bits per heavy atom. The van der Waals surface area contributed by atoms with Gasteiger partial charge in [-0.3, -0.25) is 4.79 Å². The molecule has 2 N–H and O–H groups in total. The van der Waals surface area contributed by atoms with Gasteiger partial charge in [-0.15, -0.1) is 11.3 Å². The molecule has 1 aliphatic heterocycles. The van der Waals surface area contributed by atoms with E-state index >= 15 is 0 Å². The van der Waals surface area contributed by atoms with Crippen molar-refractivity contribution < 1.29 is 4.79 Å². The molecule has 0 bridgehead atoms. The topological polar surface area (TPSA) is 46.3 Å². The summed E-state index contributed by atoms with van der Waals surface area (Å²) in [6.07, 6.45) is 0.464. The van der Waals surface area contributed by atoms with Crippen molar-refractivity contribution in [3.63, 3.8) is 0 Å². The summed E-state index contributed by atoms with van der Waals surface area (Å²) in [7, 11) is 0. The van der Waals surface area contributed by atoms with E-state index in [1.165, 1.54) is 9.75 Å². The van der Waals surface area contributed by atoms with Crippen molar-refractivity contribution in [2.75, 3.05) is 0 Å². The van der Waals surface area contributed by atoms with Crippen LogP contribution in [0, 0.1) is 0 Å². The van der Waals surface area contributed by atoms with E-state index in [2.05, 4.69) is 46.8 Å². The predicted octanol–water partition coefficient (Wildman–Crippen LogP) is 3.05. The number of nitrogens with two attached hydrogens (primary N) is 1. The summed E-state index contributed by atoms with van der Waals surface area (Å²) < 4.78 is 0. The minimum atomic E-state index is -0.0821. The number of amides is 1. The van der Waals surface area contributed by atoms with Gasteiger partial charge in [-0.2, -0.15) is 0 Å². The number of nitrogens with zero attached hydrogens (tertiary/aromatic N) is 1. The number of thiophene rings is 1. The van der Waals surface area contributed by atoms with Crippen LogP contribution in [0.4, 0.5) is 0 Å². The van der Waals surface area contributed by atoms with Crippen molar-refractivity contribution in [1.29, 1.82) is 0 Å². The van der Waals surface area contributed by atoms with Gasteiger partial charge in [0.25, 0.3) is 0 Å². The second-order valence-electron chi connectivity index (χ2n) is 6.66. The van der Waals surface area contributed by atoms with Crippen LogP contribution >= 0.6 is 11.3 Å². The summed E-state index contributed by atoms with van der Waals surface area (Å²) in [5.41, 5.74) is 6.34. The molecule has 0 aromatic carbocycles. The lowest BCUT2D eigenvalue weighted by atomic mass is 9.95. The van der Waals surface area contributed by atoms with Gasteiger partial charge in [0.05, 0.1) is 6.04 Å². The van der Waals surface area contributed by atoms with Crippen LogP contribution in [-0.4, -0.2) is 22.9 Å². The molecule has 0 saturated carbocycles. The van der Waals surface area contributed by atoms with Crippen LogP contribution in [0.5, 0.6) is 0 Å². The lowest BCUT2D eigenvalue weighted by molar-refractivity contribution is -0.130. The Hall–Kier alpha value is -0.870. The Kier molecular flexibility index (Phi) is 3.76. The largest absolute Gasteiger partial charge is 0.331 e. The van der Waals surface area contributed by atoms with Crippen molar-refractivity contribution in [2.24, 2.45) is 5.73 Å². The van der Waals surface area contributed by atoms with Gasteiger partial charge in [0, 0.05) is 28.3 Å². The monoisotopic (exact) mass is 280 g/mol. The molecule has 0 spiro atoms. The number of carbonyl (C=O) groups is 1. The first-order chi connectivity index (χ1) is 8.71. The minimum absolute atomic E-state index is 0.0496. The SMILES string of the molecule is CC(C)N1C(=O)CC(N)C1c1ccc(C(C)(C)C)s1. The van der Waals surface area contributed by atoms with Crippen LogP contribution < -0.4 is 5.73 Å². The maximum Gasteiger partial charge on any atom is 0.225 e. The molecule has 0 aliphatic carbocycles. The minimum Gasteiger partial charge on any atom is -0.331 e. The molecule has 4 heteroatoms. The standard InChI is InChI=1S/C15H24N2OS/c1-9(2)17-13(18)8-10(16)14(17)11-6-7-12(19-11)15(3,4)5/h6-7,9-10,14H,8,16H2,1-5H3. The highest BCUT2D eigenvalue weighted by Crippen LogP contribution is 2.39. The number of rotatable bonds is 2. The van der Waals surface area contributed by atoms with E-state index in [4.69, 9.17) is 5.73 Å². The predicted molar refractivity (Wildman–Crippen MR) is 80.3 cm³/mol. The number of likely N-dealkylation sites (tertiary alicyclic amines) is 1. The molecule has 1 fully saturated rings. The Morgan fingerprint density at radius 3 is 2.47 bits per heavy atom. The molecule has 1 saturated heterocycles. The van der Waals surface area contributed by atoms with E-state index in [0.717, 1.165) is 0 Å². The Labute approximate surface area is 119 Å². The van der Waals surface area contributed by atoms with Crippen molar-refractivity contribution in [2.45, 2.75) is 64.6 Å². The zero-order valence-corrected chi connectivity index (χ0v) is 13.3. The molecule has 1 aliphatic rings. The molecular weight excluding hydrogens is 256 g/mol. The molecule has 106 valence electrons. The Balaban J connectivity index is 2.34. The molecule has 3 nitrogen and oxygen atoms in total. The van der Waals surface area contributed by atoms with Crippen LogP contribution in [0.15, 0.2) is 12.1 Å². The van der Waals surface area contributed by atoms with E-state index in [0.29, 0.717) is 6.42 Å². The fraction of sp³-hybridized carbons (Fsp3) is 0.667. The molecular formula is C15H24N2OS. The van der Waals surface area contributed by atoms with E-state index in [9.17, 15) is 4.79 Å². The second-order valence-corrected chi connectivity index (χ2v) is 7.77. The number of carbonyl (C=O) groups excluding carboxylic acids is 1. The first-order valence-electron chi connectivity index (χ1n) is 6.88. The third-order valence-corrected chi connectivity index (χ3v) is 5.20. The first-order valence-corrected chi connectivity index (χ1v) is 7.70. The summed E-state index contributed by atoms with van der Waals surface area (Å²) in [4.78, 5) is 16.6. The quantitative estimate of drug-likeness (QED) is 0.905. The van der Waals surface area contributed by atoms with Gasteiger partial charge >= 0.3 is 0 Å². The summed E-state index contributed by atoms with van der Waals surface area (Å²) in [6, 6.07) is 4.49. The zero-order chi connectivity index (χ0) is 14.4. The highest BCUT2D eigenvalue weighted by atomic mass is 32.1. The van der Waals surface area contributed by atoms with Gasteiger partial charge in [-0.05, 0) is 31.4 Å². The molecule has 1 amide bonds. The summed E-state index contributed by atoms with van der Waals surface area (Å²) in [5.74, 6) is 0.179. The van der Waals surface area contributed by atoms with Gasteiger partial charge in [-0.25, -0.2) is 0 Å². The lowest BCUT2D eigenvalue weighted by Crippen LogP contribution is -2.37. The van der Waals surface area contributed by atoms with Crippen LogP contribution in [0.25, 0.3) is 0 Å². The molecule has 0 radical (unpaired) electrons. The van der Waals surface area contributed by atoms with E-state index in [1.807, 2.05) is 4.90 Å². The highest BCUT2D eigenvalue weighted by Gasteiger charge is 2.40. The van der Waals surface area contributed by atoms with Gasteiger partial charge in [0.1, 0.15) is 0 Å². The van der Waals surface area contributed by atoms with Crippen LogP contribution in [0.1, 0.15) is 56.8 Å². The molecule has 19 heavy (non-hydrogen) atoms. The van der Waals surface area contributed by atoms with E-state index in [1.54, 1.807) is 11.3 Å². The fourth-order valence-corrected chi connectivity index (χ4v) is 3.89. The normalized spacial score (nSPS) is 24.6. The summed E-state index contributed by atoms with van der Waals surface area (Å²) in [6.45, 7) is 10.7. The molecule has 2 rings (SSSR count). The smallest absolute Gasteiger partial charge is 0.225 e. The average molecular weight is 280 g/mol. The Bertz CT molecular complexity index is 473. The number of hydrogen-bond acceptors (Lipinski definition) is 3. The van der Waals surface area contributed by atoms with Crippen molar-refractivity contribution in [3.8, 4) is 0 Å². The van der Waals surface area contributed by atoms with Gasteiger partial charge in [-0.1, -0.05) is 20.8 Å². The van der Waals surface area contributed by atoms with Crippen LogP contribution in [-0.2, 0) is 10.2 Å². The van der Waals surface area contributed by atoms with E-state index < -0.39 is 0 Å². The molecule has 1 aromatic heterocycles. The molecule has 2 atom stereocenters. The Morgan fingerprint density at radius 2 is 2.00 bits per heavy atom. The fourth-order valence-electron chi connectivity index (χ4n) is 2.65. The van der Waals surface area contributed by atoms with Crippen molar-refractivity contribution in [3.05, 3.63) is 21.9 Å². The van der Waals surface area contributed by atoms with Crippen LogP contribution in [0.2, 0.25) is 0 Å². The van der Waals surface area contributed by atoms with Gasteiger partial charge in [0.2, 0.25) is 5.91 Å². The molecule has 2 heterocycles. The summed E-state index contributed by atoms with van der Waals surface area (Å²) >= 11 is 1.79. The second kappa shape index (κ2) is 4.91. The molecule has 2 unspecified atom stereocenters.